The lowest BCUT2D eigenvalue weighted by atomic mass is 10.5. The van der Waals surface area contributed by atoms with Crippen molar-refractivity contribution in [2.75, 3.05) is 11.6 Å². The predicted octanol–water partition coefficient (Wildman–Crippen LogP) is 0.719. The van der Waals surface area contributed by atoms with E-state index >= 15 is 0 Å². The minimum atomic E-state index is -0.804. The van der Waals surface area contributed by atoms with Crippen LogP contribution in [0.3, 0.4) is 0 Å². The molecular weight excluding hydrogens is 160 g/mol. The third kappa shape index (κ3) is 1.66. The van der Waals surface area contributed by atoms with Crippen molar-refractivity contribution in [1.29, 1.82) is 0 Å². The molecule has 54 valence electrons. The lowest BCUT2D eigenvalue weighted by Gasteiger charge is -2.02. The van der Waals surface area contributed by atoms with Gasteiger partial charge in [0.25, 0.3) is 0 Å². The number of halogens is 1. The fourth-order valence-electron chi connectivity index (χ4n) is 0.772. The van der Waals surface area contributed by atoms with Gasteiger partial charge in [0.2, 0.25) is 0 Å². The third-order valence-corrected chi connectivity index (χ3v) is 3.17. The summed E-state index contributed by atoms with van der Waals surface area (Å²) in [4.78, 5) is 0. The van der Waals surface area contributed by atoms with Gasteiger partial charge >= 0.3 is 0 Å². The molecule has 1 aliphatic rings. The van der Waals surface area contributed by atoms with Gasteiger partial charge in [-0.3, -0.25) is 4.21 Å². The molecular formula is C5H9ClO2S. The molecule has 1 aliphatic heterocycles. The Morgan fingerprint density at radius 2 is 2.56 bits per heavy atom. The molecule has 0 bridgehead atoms. The SMILES string of the molecule is C[C@@H]1O[C@H](CCl)C[S@@]1=O. The van der Waals surface area contributed by atoms with Gasteiger partial charge < -0.3 is 4.74 Å². The normalized spacial score (nSPS) is 43.6. The van der Waals surface area contributed by atoms with Crippen molar-refractivity contribution in [2.45, 2.75) is 18.5 Å². The van der Waals surface area contributed by atoms with Gasteiger partial charge in [-0.05, 0) is 6.92 Å². The highest BCUT2D eigenvalue weighted by atomic mass is 35.5. The highest BCUT2D eigenvalue weighted by molar-refractivity contribution is 7.85. The van der Waals surface area contributed by atoms with Crippen molar-refractivity contribution < 1.29 is 8.95 Å². The highest BCUT2D eigenvalue weighted by Gasteiger charge is 2.27. The smallest absolute Gasteiger partial charge is 0.130 e. The van der Waals surface area contributed by atoms with Crippen LogP contribution in [0.25, 0.3) is 0 Å². The van der Waals surface area contributed by atoms with Crippen molar-refractivity contribution in [1.82, 2.24) is 0 Å². The van der Waals surface area contributed by atoms with Crippen LogP contribution in [0.5, 0.6) is 0 Å². The molecule has 3 atom stereocenters. The molecule has 2 nitrogen and oxygen atoms in total. The van der Waals surface area contributed by atoms with Gasteiger partial charge in [-0.15, -0.1) is 11.6 Å². The van der Waals surface area contributed by atoms with Gasteiger partial charge in [-0.1, -0.05) is 0 Å². The molecule has 0 unspecified atom stereocenters. The summed E-state index contributed by atoms with van der Waals surface area (Å²) in [7, 11) is -0.804. The Kier molecular flexibility index (Phi) is 2.50. The zero-order chi connectivity index (χ0) is 6.85. The second kappa shape index (κ2) is 2.99. The summed E-state index contributed by atoms with van der Waals surface area (Å²) in [6.07, 6.45) is 0.0162. The first-order chi connectivity index (χ1) is 4.24. The first-order valence-corrected chi connectivity index (χ1v) is 4.74. The Balaban J connectivity index is 2.44. The van der Waals surface area contributed by atoms with Crippen molar-refractivity contribution in [2.24, 2.45) is 0 Å². The standard InChI is InChI=1S/C5H9ClO2S/c1-4-8-5(2-6)3-9(4)7/h4-5H,2-3H2,1H3/t4-,5-,9+/m1/s1. The summed E-state index contributed by atoms with van der Waals surface area (Å²) in [5.41, 5.74) is -0.117. The number of alkyl halides is 1. The Morgan fingerprint density at radius 1 is 1.89 bits per heavy atom. The zero-order valence-electron chi connectivity index (χ0n) is 5.17. The van der Waals surface area contributed by atoms with E-state index in [4.69, 9.17) is 16.3 Å². The number of ether oxygens (including phenoxy) is 1. The summed E-state index contributed by atoms with van der Waals surface area (Å²) >= 11 is 5.48. The van der Waals surface area contributed by atoms with E-state index in [1.54, 1.807) is 0 Å². The molecule has 1 fully saturated rings. The molecule has 0 amide bonds. The van der Waals surface area contributed by atoms with Crippen molar-refractivity contribution in [3.63, 3.8) is 0 Å². The van der Waals surface area contributed by atoms with Crippen molar-refractivity contribution in [3.05, 3.63) is 0 Å². The van der Waals surface area contributed by atoms with E-state index in [1.807, 2.05) is 6.92 Å². The fraction of sp³-hybridized carbons (Fsp3) is 1.00. The number of hydrogen-bond acceptors (Lipinski definition) is 2. The number of hydrogen-bond donors (Lipinski definition) is 0. The van der Waals surface area contributed by atoms with Gasteiger partial charge in [0, 0.05) is 5.88 Å². The largest absolute Gasteiger partial charge is 0.360 e. The Labute approximate surface area is 62.0 Å². The van der Waals surface area contributed by atoms with Crippen LogP contribution in [-0.4, -0.2) is 27.4 Å². The van der Waals surface area contributed by atoms with Crippen molar-refractivity contribution in [3.8, 4) is 0 Å². The van der Waals surface area contributed by atoms with Gasteiger partial charge in [-0.25, -0.2) is 0 Å². The van der Waals surface area contributed by atoms with Crippen LogP contribution in [0.2, 0.25) is 0 Å². The molecule has 0 aromatic carbocycles. The highest BCUT2D eigenvalue weighted by Crippen LogP contribution is 2.14. The summed E-state index contributed by atoms with van der Waals surface area (Å²) in [6, 6.07) is 0. The van der Waals surface area contributed by atoms with E-state index in [2.05, 4.69) is 0 Å². The molecule has 0 saturated carbocycles. The van der Waals surface area contributed by atoms with Gasteiger partial charge in [0.05, 0.1) is 22.7 Å². The number of rotatable bonds is 1. The monoisotopic (exact) mass is 168 g/mol. The Bertz CT molecular complexity index is 128. The zero-order valence-corrected chi connectivity index (χ0v) is 6.74. The van der Waals surface area contributed by atoms with E-state index in [0.717, 1.165) is 0 Å². The summed E-state index contributed by atoms with van der Waals surface area (Å²) in [5.74, 6) is 1.06. The van der Waals surface area contributed by atoms with E-state index in [1.165, 1.54) is 0 Å². The first kappa shape index (κ1) is 7.51. The molecule has 1 heterocycles. The Morgan fingerprint density at radius 3 is 2.78 bits per heavy atom. The molecule has 0 aromatic heterocycles. The second-order valence-corrected chi connectivity index (χ2v) is 4.09. The fourth-order valence-corrected chi connectivity index (χ4v) is 2.20. The van der Waals surface area contributed by atoms with Crippen LogP contribution in [0, 0.1) is 0 Å². The summed E-state index contributed by atoms with van der Waals surface area (Å²) in [6.45, 7) is 1.81. The molecule has 1 rings (SSSR count). The maximum Gasteiger partial charge on any atom is 0.130 e. The molecule has 0 radical (unpaired) electrons. The van der Waals surface area contributed by atoms with Crippen LogP contribution >= 0.6 is 11.6 Å². The minimum Gasteiger partial charge on any atom is -0.360 e. The van der Waals surface area contributed by atoms with Crippen LogP contribution in [0.1, 0.15) is 6.92 Å². The van der Waals surface area contributed by atoms with Gasteiger partial charge in [0.1, 0.15) is 5.44 Å². The molecule has 0 N–H and O–H groups in total. The van der Waals surface area contributed by atoms with E-state index < -0.39 is 10.8 Å². The molecule has 0 aromatic rings. The molecule has 1 saturated heterocycles. The quantitative estimate of drug-likeness (QED) is 0.540. The van der Waals surface area contributed by atoms with E-state index in [9.17, 15) is 4.21 Å². The Hall–Kier alpha value is 0.400. The average molecular weight is 169 g/mol. The lowest BCUT2D eigenvalue weighted by molar-refractivity contribution is 0.0899. The third-order valence-electron chi connectivity index (χ3n) is 1.28. The molecule has 0 aliphatic carbocycles. The summed E-state index contributed by atoms with van der Waals surface area (Å²) < 4.78 is 16.1. The minimum absolute atomic E-state index is 0.0162. The maximum atomic E-state index is 10.9. The van der Waals surface area contributed by atoms with Crippen LogP contribution in [0.4, 0.5) is 0 Å². The first-order valence-electron chi connectivity index (χ1n) is 2.82. The van der Waals surface area contributed by atoms with Crippen LogP contribution in [0.15, 0.2) is 0 Å². The second-order valence-electron chi connectivity index (χ2n) is 2.03. The van der Waals surface area contributed by atoms with E-state index in [0.29, 0.717) is 11.6 Å². The lowest BCUT2D eigenvalue weighted by Crippen LogP contribution is -2.11. The molecule has 9 heavy (non-hydrogen) atoms. The topological polar surface area (TPSA) is 26.3 Å². The molecule has 0 spiro atoms. The van der Waals surface area contributed by atoms with Gasteiger partial charge in [-0.2, -0.15) is 0 Å². The maximum absolute atomic E-state index is 10.9. The summed E-state index contributed by atoms with van der Waals surface area (Å²) in [5, 5.41) is 0. The van der Waals surface area contributed by atoms with Crippen molar-refractivity contribution >= 4 is 22.4 Å². The van der Waals surface area contributed by atoms with Gasteiger partial charge in [0.15, 0.2) is 0 Å². The van der Waals surface area contributed by atoms with Crippen LogP contribution in [-0.2, 0) is 15.5 Å². The van der Waals surface area contributed by atoms with Crippen LogP contribution < -0.4 is 0 Å². The molecule has 4 heteroatoms. The predicted molar refractivity (Wildman–Crippen MR) is 38.1 cm³/mol. The van der Waals surface area contributed by atoms with E-state index in [-0.39, 0.29) is 11.5 Å². The average Bonchev–Trinajstić information content (AvgIpc) is 2.13.